The average molecular weight is 440 g/mol. The fourth-order valence-corrected chi connectivity index (χ4v) is 3.32. The van der Waals surface area contributed by atoms with Crippen molar-refractivity contribution in [2.75, 3.05) is 27.4 Å². The number of rotatable bonds is 11. The zero-order valence-electron chi connectivity index (χ0n) is 18.7. The standard InChI is InChI=1S/C24H28N2O6/c1-5-31-23-9-7-6-8-17(23)14-26-22(13-21(25-26)16(2)32-15-24(27)28)18-10-19(29-3)12-20(11-18)30-4/h6-13,16H,5,14-15H2,1-4H3,(H,27,28). The van der Waals surface area contributed by atoms with Crippen molar-refractivity contribution in [1.29, 1.82) is 0 Å². The lowest BCUT2D eigenvalue weighted by molar-refractivity contribution is -0.144. The molecule has 0 saturated heterocycles. The van der Waals surface area contributed by atoms with E-state index in [1.54, 1.807) is 27.2 Å². The van der Waals surface area contributed by atoms with Gasteiger partial charge in [0.15, 0.2) is 0 Å². The largest absolute Gasteiger partial charge is 0.497 e. The number of carboxylic acids is 1. The van der Waals surface area contributed by atoms with Crippen molar-refractivity contribution in [1.82, 2.24) is 9.78 Å². The van der Waals surface area contributed by atoms with Crippen LogP contribution < -0.4 is 14.2 Å². The molecule has 0 amide bonds. The van der Waals surface area contributed by atoms with Crippen molar-refractivity contribution in [3.8, 4) is 28.5 Å². The monoisotopic (exact) mass is 440 g/mol. The molecule has 0 aliphatic carbocycles. The number of methoxy groups -OCH3 is 2. The van der Waals surface area contributed by atoms with Crippen molar-refractivity contribution in [3.05, 3.63) is 59.8 Å². The maximum absolute atomic E-state index is 10.9. The Kier molecular flexibility index (Phi) is 7.72. The molecular formula is C24H28N2O6. The molecule has 8 nitrogen and oxygen atoms in total. The minimum Gasteiger partial charge on any atom is -0.497 e. The van der Waals surface area contributed by atoms with E-state index in [0.717, 1.165) is 22.6 Å². The van der Waals surface area contributed by atoms with Crippen LogP contribution in [0.2, 0.25) is 0 Å². The van der Waals surface area contributed by atoms with Crippen LogP contribution in [-0.4, -0.2) is 48.3 Å². The van der Waals surface area contributed by atoms with Crippen LogP contribution in [0.3, 0.4) is 0 Å². The van der Waals surface area contributed by atoms with E-state index in [1.165, 1.54) is 0 Å². The van der Waals surface area contributed by atoms with Crippen LogP contribution in [0.15, 0.2) is 48.5 Å². The van der Waals surface area contributed by atoms with Gasteiger partial charge in [0.25, 0.3) is 0 Å². The molecular weight excluding hydrogens is 412 g/mol. The summed E-state index contributed by atoms with van der Waals surface area (Å²) in [5.41, 5.74) is 3.25. The number of carbonyl (C=O) groups is 1. The first-order chi connectivity index (χ1) is 15.4. The number of hydrogen-bond acceptors (Lipinski definition) is 6. The smallest absolute Gasteiger partial charge is 0.329 e. The highest BCUT2D eigenvalue weighted by Gasteiger charge is 2.19. The fraction of sp³-hybridized carbons (Fsp3) is 0.333. The van der Waals surface area contributed by atoms with Gasteiger partial charge in [0.05, 0.1) is 44.9 Å². The number of aliphatic carboxylic acids is 1. The van der Waals surface area contributed by atoms with Crippen molar-refractivity contribution in [2.45, 2.75) is 26.5 Å². The second-order valence-electron chi connectivity index (χ2n) is 7.10. The summed E-state index contributed by atoms with van der Waals surface area (Å²) in [4.78, 5) is 10.9. The Balaban J connectivity index is 2.06. The van der Waals surface area contributed by atoms with Crippen molar-refractivity contribution in [2.24, 2.45) is 0 Å². The molecule has 3 rings (SSSR count). The third-order valence-corrected chi connectivity index (χ3v) is 4.91. The topological polar surface area (TPSA) is 92.0 Å². The summed E-state index contributed by atoms with van der Waals surface area (Å²) in [6.45, 7) is 4.33. The van der Waals surface area contributed by atoms with Gasteiger partial charge >= 0.3 is 5.97 Å². The summed E-state index contributed by atoms with van der Waals surface area (Å²) < 4.78 is 23.9. The Hall–Kier alpha value is -3.52. The van der Waals surface area contributed by atoms with Gasteiger partial charge in [0.2, 0.25) is 0 Å². The minimum atomic E-state index is -1.03. The summed E-state index contributed by atoms with van der Waals surface area (Å²) in [5.74, 6) is 1.06. The lowest BCUT2D eigenvalue weighted by atomic mass is 10.1. The third kappa shape index (κ3) is 5.59. The second kappa shape index (κ2) is 10.7. The van der Waals surface area contributed by atoms with Crippen molar-refractivity contribution < 1.29 is 28.8 Å². The molecule has 8 heteroatoms. The highest BCUT2D eigenvalue weighted by atomic mass is 16.5. The van der Waals surface area contributed by atoms with E-state index in [9.17, 15) is 4.79 Å². The molecule has 0 radical (unpaired) electrons. The normalized spacial score (nSPS) is 11.8. The predicted molar refractivity (Wildman–Crippen MR) is 119 cm³/mol. The average Bonchev–Trinajstić information content (AvgIpc) is 3.22. The molecule has 0 saturated carbocycles. The highest BCUT2D eigenvalue weighted by molar-refractivity contribution is 5.68. The Morgan fingerprint density at radius 2 is 1.78 bits per heavy atom. The third-order valence-electron chi connectivity index (χ3n) is 4.91. The number of para-hydroxylation sites is 1. The summed E-state index contributed by atoms with van der Waals surface area (Å²) in [6.07, 6.45) is -0.499. The Morgan fingerprint density at radius 1 is 1.09 bits per heavy atom. The van der Waals surface area contributed by atoms with Crippen LogP contribution in [0.4, 0.5) is 0 Å². The second-order valence-corrected chi connectivity index (χ2v) is 7.10. The Morgan fingerprint density at radius 3 is 2.41 bits per heavy atom. The van der Waals surface area contributed by atoms with Gasteiger partial charge in [0, 0.05) is 17.2 Å². The van der Waals surface area contributed by atoms with Crippen LogP contribution in [0.25, 0.3) is 11.3 Å². The zero-order chi connectivity index (χ0) is 23.1. The molecule has 32 heavy (non-hydrogen) atoms. The number of carboxylic acid groups (broad SMARTS) is 1. The van der Waals surface area contributed by atoms with E-state index < -0.39 is 18.7 Å². The van der Waals surface area contributed by atoms with E-state index in [4.69, 9.17) is 29.2 Å². The maximum atomic E-state index is 10.9. The van der Waals surface area contributed by atoms with Gasteiger partial charge in [-0.1, -0.05) is 18.2 Å². The van der Waals surface area contributed by atoms with Gasteiger partial charge in [-0.25, -0.2) is 4.79 Å². The molecule has 2 aromatic carbocycles. The first kappa shape index (κ1) is 23.1. The molecule has 0 bridgehead atoms. The van der Waals surface area contributed by atoms with Gasteiger partial charge in [0.1, 0.15) is 23.9 Å². The number of nitrogens with zero attached hydrogens (tertiary/aromatic N) is 2. The molecule has 170 valence electrons. The summed E-state index contributed by atoms with van der Waals surface area (Å²) >= 11 is 0. The molecule has 1 aromatic heterocycles. The number of aromatic nitrogens is 2. The van der Waals surface area contributed by atoms with Crippen LogP contribution in [0.1, 0.15) is 31.2 Å². The van der Waals surface area contributed by atoms with Crippen LogP contribution in [0, 0.1) is 0 Å². The molecule has 0 aliphatic rings. The maximum Gasteiger partial charge on any atom is 0.329 e. The van der Waals surface area contributed by atoms with Gasteiger partial charge in [-0.2, -0.15) is 5.10 Å². The van der Waals surface area contributed by atoms with E-state index in [2.05, 4.69) is 0 Å². The van der Waals surface area contributed by atoms with Crippen LogP contribution in [-0.2, 0) is 16.1 Å². The number of hydrogen-bond donors (Lipinski definition) is 1. The molecule has 0 fully saturated rings. The minimum absolute atomic E-state index is 0.399. The van der Waals surface area contributed by atoms with Gasteiger partial charge in [-0.15, -0.1) is 0 Å². The van der Waals surface area contributed by atoms with E-state index in [1.807, 2.05) is 54.1 Å². The van der Waals surface area contributed by atoms with Gasteiger partial charge < -0.3 is 24.1 Å². The highest BCUT2D eigenvalue weighted by Crippen LogP contribution is 2.32. The number of benzene rings is 2. The van der Waals surface area contributed by atoms with Gasteiger partial charge in [-0.05, 0) is 38.1 Å². The fourth-order valence-electron chi connectivity index (χ4n) is 3.32. The first-order valence-corrected chi connectivity index (χ1v) is 10.3. The van der Waals surface area contributed by atoms with Crippen LogP contribution >= 0.6 is 0 Å². The van der Waals surface area contributed by atoms with Crippen LogP contribution in [0.5, 0.6) is 17.2 Å². The first-order valence-electron chi connectivity index (χ1n) is 10.3. The molecule has 1 atom stereocenters. The SMILES string of the molecule is CCOc1ccccc1Cn1nc(C(C)OCC(=O)O)cc1-c1cc(OC)cc(OC)c1. The van der Waals surface area contributed by atoms with E-state index in [0.29, 0.717) is 30.3 Å². The molecule has 0 aliphatic heterocycles. The predicted octanol–water partition coefficient (Wildman–Crippen LogP) is 4.18. The molecule has 1 N–H and O–H groups in total. The Bertz CT molecular complexity index is 1040. The lowest BCUT2D eigenvalue weighted by Gasteiger charge is -2.13. The lowest BCUT2D eigenvalue weighted by Crippen LogP contribution is -2.11. The van der Waals surface area contributed by atoms with Gasteiger partial charge in [-0.3, -0.25) is 4.68 Å². The van der Waals surface area contributed by atoms with Crippen molar-refractivity contribution in [3.63, 3.8) is 0 Å². The molecule has 3 aromatic rings. The van der Waals surface area contributed by atoms with E-state index in [-0.39, 0.29) is 0 Å². The molecule has 1 heterocycles. The van der Waals surface area contributed by atoms with Crippen molar-refractivity contribution >= 4 is 5.97 Å². The summed E-state index contributed by atoms with van der Waals surface area (Å²) in [5, 5.41) is 13.7. The quantitative estimate of drug-likeness (QED) is 0.478. The summed E-state index contributed by atoms with van der Waals surface area (Å²) in [7, 11) is 3.20. The molecule has 0 spiro atoms. The Labute approximate surface area is 187 Å². The van der Waals surface area contributed by atoms with E-state index >= 15 is 0 Å². The number of ether oxygens (including phenoxy) is 4. The molecule has 1 unspecified atom stereocenters. The zero-order valence-corrected chi connectivity index (χ0v) is 18.7. The summed E-state index contributed by atoms with van der Waals surface area (Å²) in [6, 6.07) is 15.3.